The molecular formula is C14H28N4S. The van der Waals surface area contributed by atoms with Crippen molar-refractivity contribution in [2.75, 3.05) is 40.3 Å². The molecule has 110 valence electrons. The molecule has 5 heteroatoms. The van der Waals surface area contributed by atoms with Gasteiger partial charge < -0.3 is 10.6 Å². The second-order valence-corrected chi connectivity index (χ2v) is 6.65. The number of rotatable bonds is 9. The minimum atomic E-state index is 0.684. The molecule has 0 radical (unpaired) electrons. The second kappa shape index (κ2) is 8.64. The average Bonchev–Trinajstić information content (AvgIpc) is 2.73. The van der Waals surface area contributed by atoms with Gasteiger partial charge in [0.05, 0.1) is 10.7 Å². The third-order valence-corrected chi connectivity index (χ3v) is 3.79. The molecule has 1 aromatic heterocycles. The fourth-order valence-electron chi connectivity index (χ4n) is 1.98. The van der Waals surface area contributed by atoms with Crippen LogP contribution in [0.3, 0.4) is 0 Å². The van der Waals surface area contributed by atoms with E-state index >= 15 is 0 Å². The minimum absolute atomic E-state index is 0.684. The van der Waals surface area contributed by atoms with Gasteiger partial charge in [-0.3, -0.25) is 4.90 Å². The molecule has 1 heterocycles. The Labute approximate surface area is 121 Å². The van der Waals surface area contributed by atoms with Crippen LogP contribution < -0.4 is 5.73 Å². The van der Waals surface area contributed by atoms with Crippen LogP contribution in [0.2, 0.25) is 0 Å². The Hall–Kier alpha value is -0.490. The topological polar surface area (TPSA) is 45.4 Å². The number of nitrogens with zero attached hydrogens (tertiary/aromatic N) is 3. The lowest BCUT2D eigenvalue weighted by Crippen LogP contribution is -2.34. The number of nitrogens with two attached hydrogens (primary N) is 1. The highest BCUT2D eigenvalue weighted by molar-refractivity contribution is 7.09. The minimum Gasteiger partial charge on any atom is -0.330 e. The molecule has 0 amide bonds. The van der Waals surface area contributed by atoms with E-state index in [9.17, 15) is 0 Å². The van der Waals surface area contributed by atoms with E-state index in [1.165, 1.54) is 5.69 Å². The summed E-state index contributed by atoms with van der Waals surface area (Å²) in [7, 11) is 4.24. The summed E-state index contributed by atoms with van der Waals surface area (Å²) in [5.41, 5.74) is 6.76. The van der Waals surface area contributed by atoms with Gasteiger partial charge in [-0.25, -0.2) is 4.98 Å². The maximum atomic E-state index is 5.57. The highest BCUT2D eigenvalue weighted by atomic mass is 32.1. The van der Waals surface area contributed by atoms with Gasteiger partial charge in [0.15, 0.2) is 0 Å². The molecule has 0 unspecified atom stereocenters. The van der Waals surface area contributed by atoms with Crippen molar-refractivity contribution in [3.8, 4) is 0 Å². The second-order valence-electron chi connectivity index (χ2n) is 5.70. The van der Waals surface area contributed by atoms with Crippen molar-refractivity contribution in [3.63, 3.8) is 0 Å². The number of likely N-dealkylation sites (N-methyl/N-ethyl adjacent to an activating group) is 1. The van der Waals surface area contributed by atoms with Crippen molar-refractivity contribution in [1.82, 2.24) is 14.8 Å². The first-order valence-electron chi connectivity index (χ1n) is 7.01. The average molecular weight is 284 g/mol. The largest absolute Gasteiger partial charge is 0.330 e. The first-order chi connectivity index (χ1) is 9.01. The Bertz CT molecular complexity index is 349. The molecule has 0 spiro atoms. The van der Waals surface area contributed by atoms with Crippen LogP contribution in [0.1, 0.15) is 24.5 Å². The zero-order valence-electron chi connectivity index (χ0n) is 12.7. The molecule has 0 aliphatic rings. The van der Waals surface area contributed by atoms with E-state index in [1.807, 2.05) is 0 Å². The SMILES string of the molecule is CC(C)CN(CCN(C)C)Cc1csc(CCN)n1. The molecule has 0 saturated heterocycles. The number of aromatic nitrogens is 1. The summed E-state index contributed by atoms with van der Waals surface area (Å²) in [6, 6.07) is 0. The molecule has 0 fully saturated rings. The summed E-state index contributed by atoms with van der Waals surface area (Å²) in [6.07, 6.45) is 0.895. The van der Waals surface area contributed by atoms with E-state index < -0.39 is 0 Å². The standard InChI is InChI=1S/C14H28N4S/c1-12(2)9-18(8-7-17(3)4)10-13-11-19-14(16-13)5-6-15/h11-12H,5-10,15H2,1-4H3. The van der Waals surface area contributed by atoms with Gasteiger partial charge in [-0.05, 0) is 26.6 Å². The van der Waals surface area contributed by atoms with Gasteiger partial charge >= 0.3 is 0 Å². The zero-order chi connectivity index (χ0) is 14.3. The van der Waals surface area contributed by atoms with Crippen LogP contribution in [-0.4, -0.2) is 55.1 Å². The monoisotopic (exact) mass is 284 g/mol. The first-order valence-corrected chi connectivity index (χ1v) is 7.89. The molecule has 2 N–H and O–H groups in total. The molecule has 0 atom stereocenters. The third kappa shape index (κ3) is 7.01. The molecule has 4 nitrogen and oxygen atoms in total. The van der Waals surface area contributed by atoms with Crippen LogP contribution in [0, 0.1) is 5.92 Å². The summed E-state index contributed by atoms with van der Waals surface area (Å²) in [4.78, 5) is 9.38. The van der Waals surface area contributed by atoms with Gasteiger partial charge in [-0.1, -0.05) is 13.8 Å². The zero-order valence-corrected chi connectivity index (χ0v) is 13.5. The van der Waals surface area contributed by atoms with Gasteiger partial charge in [-0.2, -0.15) is 0 Å². The van der Waals surface area contributed by atoms with Crippen molar-refractivity contribution >= 4 is 11.3 Å². The van der Waals surface area contributed by atoms with Gasteiger partial charge in [0, 0.05) is 38.0 Å². The highest BCUT2D eigenvalue weighted by Gasteiger charge is 2.11. The number of thiazole rings is 1. The van der Waals surface area contributed by atoms with E-state index in [4.69, 9.17) is 5.73 Å². The fraction of sp³-hybridized carbons (Fsp3) is 0.786. The van der Waals surface area contributed by atoms with Crippen molar-refractivity contribution in [2.24, 2.45) is 11.7 Å². The van der Waals surface area contributed by atoms with E-state index in [1.54, 1.807) is 11.3 Å². The van der Waals surface area contributed by atoms with Crippen LogP contribution in [0.25, 0.3) is 0 Å². The van der Waals surface area contributed by atoms with E-state index in [2.05, 4.69) is 48.1 Å². The molecule has 1 aromatic rings. The third-order valence-electron chi connectivity index (χ3n) is 2.83. The fourth-order valence-corrected chi connectivity index (χ4v) is 2.79. The van der Waals surface area contributed by atoms with Crippen LogP contribution >= 0.6 is 11.3 Å². The smallest absolute Gasteiger partial charge is 0.0941 e. The number of hydrogen-bond acceptors (Lipinski definition) is 5. The summed E-state index contributed by atoms with van der Waals surface area (Å²) in [5.74, 6) is 0.685. The van der Waals surface area contributed by atoms with Crippen LogP contribution in [0.15, 0.2) is 5.38 Å². The lowest BCUT2D eigenvalue weighted by molar-refractivity contribution is 0.210. The molecule has 0 aliphatic heterocycles. The van der Waals surface area contributed by atoms with E-state index in [-0.39, 0.29) is 0 Å². The molecule has 0 aliphatic carbocycles. The van der Waals surface area contributed by atoms with Crippen LogP contribution in [0.5, 0.6) is 0 Å². The van der Waals surface area contributed by atoms with E-state index in [0.29, 0.717) is 12.5 Å². The quantitative estimate of drug-likeness (QED) is 0.749. The van der Waals surface area contributed by atoms with Crippen LogP contribution in [0.4, 0.5) is 0 Å². The lowest BCUT2D eigenvalue weighted by Gasteiger charge is -2.25. The first kappa shape index (κ1) is 16.6. The summed E-state index contributed by atoms with van der Waals surface area (Å²) in [6.45, 7) is 9.47. The van der Waals surface area contributed by atoms with Gasteiger partial charge in [-0.15, -0.1) is 11.3 Å². The Morgan fingerprint density at radius 1 is 1.32 bits per heavy atom. The molecule has 0 bridgehead atoms. The molecule has 19 heavy (non-hydrogen) atoms. The Morgan fingerprint density at radius 3 is 2.63 bits per heavy atom. The van der Waals surface area contributed by atoms with Crippen molar-refractivity contribution in [2.45, 2.75) is 26.8 Å². The normalized spacial score (nSPS) is 12.0. The predicted octanol–water partition coefficient (Wildman–Crippen LogP) is 1.66. The van der Waals surface area contributed by atoms with Gasteiger partial charge in [0.25, 0.3) is 0 Å². The Balaban J connectivity index is 2.53. The maximum Gasteiger partial charge on any atom is 0.0941 e. The Kier molecular flexibility index (Phi) is 7.53. The molecule has 0 saturated carbocycles. The molecule has 1 rings (SSSR count). The van der Waals surface area contributed by atoms with Crippen molar-refractivity contribution < 1.29 is 0 Å². The lowest BCUT2D eigenvalue weighted by atomic mass is 10.2. The predicted molar refractivity (Wildman–Crippen MR) is 83.5 cm³/mol. The van der Waals surface area contributed by atoms with Gasteiger partial charge in [0.1, 0.15) is 0 Å². The molecule has 0 aromatic carbocycles. The maximum absolute atomic E-state index is 5.57. The van der Waals surface area contributed by atoms with Gasteiger partial charge in [0.2, 0.25) is 0 Å². The summed E-state index contributed by atoms with van der Waals surface area (Å²) in [5, 5.41) is 3.34. The molecular weight excluding hydrogens is 256 g/mol. The highest BCUT2D eigenvalue weighted by Crippen LogP contribution is 2.13. The van der Waals surface area contributed by atoms with Crippen molar-refractivity contribution in [3.05, 3.63) is 16.1 Å². The van der Waals surface area contributed by atoms with Crippen LogP contribution in [-0.2, 0) is 13.0 Å². The summed E-state index contributed by atoms with van der Waals surface area (Å²) < 4.78 is 0. The van der Waals surface area contributed by atoms with Crippen molar-refractivity contribution in [1.29, 1.82) is 0 Å². The van der Waals surface area contributed by atoms with E-state index in [0.717, 1.165) is 37.6 Å². The summed E-state index contributed by atoms with van der Waals surface area (Å²) >= 11 is 1.73. The Morgan fingerprint density at radius 2 is 2.05 bits per heavy atom. The number of hydrogen-bond donors (Lipinski definition) is 1.